The van der Waals surface area contributed by atoms with Gasteiger partial charge in [0.25, 0.3) is 0 Å². The van der Waals surface area contributed by atoms with Gasteiger partial charge in [0.2, 0.25) is 0 Å². The Morgan fingerprint density at radius 2 is 0.645 bits per heavy atom. The summed E-state index contributed by atoms with van der Waals surface area (Å²) in [5.74, 6) is -1.50. The first-order valence-corrected chi connectivity index (χ1v) is 32.3. The van der Waals surface area contributed by atoms with E-state index in [9.17, 15) is 28.9 Å². The van der Waals surface area contributed by atoms with Crippen molar-refractivity contribution in [2.24, 2.45) is 0 Å². The Kier molecular flexibility index (Phi) is 55.7. The van der Waals surface area contributed by atoms with E-state index in [4.69, 9.17) is 23.3 Å². The highest BCUT2D eigenvalue weighted by atomic mass is 31.2. The third-order valence-corrected chi connectivity index (χ3v) is 14.0. The topological polar surface area (TPSA) is 155 Å². The van der Waals surface area contributed by atoms with Gasteiger partial charge in [0, 0.05) is 19.3 Å². The second-order valence-electron chi connectivity index (χ2n) is 20.5. The standard InChI is InChI=1S/C64H113O11P/c1-4-7-10-13-16-19-22-25-28-29-30-31-34-37-40-43-46-49-52-55-64(68)75-61(57-71-62(66)53-50-47-44-41-38-35-32-26-23-20-17-14-11-8-5-2)59-73-76(69,70)72-58-60(56-65)74-63(67)54-51-48-45-42-39-36-33-27-24-21-18-15-12-9-6-3/h16-17,19-20,25-28,30-33,60-61,65H,4-15,18,21-24,29,34-59H2,1-3H3,(H,69,70)/b19-16-,20-17-,28-25-,31-30-,32-26-,33-27-. The third kappa shape index (κ3) is 55.7. The number of ether oxygens (including phenoxy) is 3. The number of hydrogen-bond donors (Lipinski definition) is 2. The number of allylic oxidation sites excluding steroid dienone is 12. The zero-order chi connectivity index (χ0) is 55.5. The van der Waals surface area contributed by atoms with Gasteiger partial charge in [0.15, 0.2) is 6.10 Å². The maximum atomic E-state index is 12.9. The van der Waals surface area contributed by atoms with Gasteiger partial charge in [-0.3, -0.25) is 23.4 Å². The van der Waals surface area contributed by atoms with E-state index in [1.54, 1.807) is 0 Å². The van der Waals surface area contributed by atoms with Crippen LogP contribution < -0.4 is 0 Å². The number of hydrogen-bond acceptors (Lipinski definition) is 10. The van der Waals surface area contributed by atoms with Crippen molar-refractivity contribution in [1.82, 2.24) is 0 Å². The summed E-state index contributed by atoms with van der Waals surface area (Å²) in [6.07, 6.45) is 65.6. The molecule has 0 saturated carbocycles. The normalized spacial score (nSPS) is 13.8. The number of phosphoric ester groups is 1. The summed E-state index contributed by atoms with van der Waals surface area (Å²) in [5, 5.41) is 9.83. The fourth-order valence-electron chi connectivity index (χ4n) is 8.33. The van der Waals surface area contributed by atoms with Gasteiger partial charge in [-0.05, 0) is 116 Å². The highest BCUT2D eigenvalue weighted by Gasteiger charge is 2.28. The van der Waals surface area contributed by atoms with Crippen LogP contribution >= 0.6 is 7.82 Å². The van der Waals surface area contributed by atoms with E-state index in [1.807, 2.05) is 0 Å². The summed E-state index contributed by atoms with van der Waals surface area (Å²) in [4.78, 5) is 48.6. The summed E-state index contributed by atoms with van der Waals surface area (Å²) in [6.45, 7) is 4.57. The van der Waals surface area contributed by atoms with Gasteiger partial charge in [-0.25, -0.2) is 4.57 Å². The average Bonchev–Trinajstić information content (AvgIpc) is 3.41. The monoisotopic (exact) mass is 1090 g/mol. The number of aliphatic hydroxyl groups excluding tert-OH is 1. The van der Waals surface area contributed by atoms with Crippen molar-refractivity contribution in [1.29, 1.82) is 0 Å². The van der Waals surface area contributed by atoms with Crippen molar-refractivity contribution >= 4 is 25.7 Å². The van der Waals surface area contributed by atoms with Crippen molar-refractivity contribution < 1.29 is 52.2 Å². The van der Waals surface area contributed by atoms with Gasteiger partial charge >= 0.3 is 25.7 Å². The molecule has 76 heavy (non-hydrogen) atoms. The predicted molar refractivity (Wildman–Crippen MR) is 316 cm³/mol. The minimum absolute atomic E-state index is 0.148. The number of carbonyl (C=O) groups excluding carboxylic acids is 3. The van der Waals surface area contributed by atoms with Crippen LogP contribution in [-0.2, 0) is 42.2 Å². The molecule has 3 unspecified atom stereocenters. The Hall–Kier alpha value is -3.08. The lowest BCUT2D eigenvalue weighted by Crippen LogP contribution is -2.30. The molecule has 0 aromatic heterocycles. The minimum Gasteiger partial charge on any atom is -0.462 e. The largest absolute Gasteiger partial charge is 0.472 e. The molecule has 440 valence electrons. The fraction of sp³-hybridized carbons (Fsp3) is 0.766. The molecule has 11 nitrogen and oxygen atoms in total. The lowest BCUT2D eigenvalue weighted by molar-refractivity contribution is -0.161. The quantitative estimate of drug-likeness (QED) is 0.0197. The predicted octanol–water partition coefficient (Wildman–Crippen LogP) is 18.5. The smallest absolute Gasteiger partial charge is 0.462 e. The van der Waals surface area contributed by atoms with Crippen LogP contribution in [0.15, 0.2) is 72.9 Å². The fourth-order valence-corrected chi connectivity index (χ4v) is 9.11. The first-order valence-electron chi connectivity index (χ1n) is 30.8. The zero-order valence-corrected chi connectivity index (χ0v) is 49.6. The Morgan fingerprint density at radius 3 is 1.03 bits per heavy atom. The van der Waals surface area contributed by atoms with Gasteiger partial charge in [-0.15, -0.1) is 0 Å². The van der Waals surface area contributed by atoms with E-state index in [2.05, 4.69) is 93.7 Å². The van der Waals surface area contributed by atoms with Crippen LogP contribution in [0.3, 0.4) is 0 Å². The Morgan fingerprint density at radius 1 is 0.368 bits per heavy atom. The third-order valence-electron chi connectivity index (χ3n) is 13.1. The lowest BCUT2D eigenvalue weighted by Gasteiger charge is -2.21. The van der Waals surface area contributed by atoms with Crippen molar-refractivity contribution in [3.63, 3.8) is 0 Å². The number of aliphatic hydroxyl groups is 1. The Balaban J connectivity index is 4.76. The van der Waals surface area contributed by atoms with Crippen LogP contribution in [0.4, 0.5) is 0 Å². The van der Waals surface area contributed by atoms with Gasteiger partial charge in [-0.1, -0.05) is 216 Å². The average molecular weight is 1090 g/mol. The summed E-state index contributed by atoms with van der Waals surface area (Å²) in [6, 6.07) is 0. The summed E-state index contributed by atoms with van der Waals surface area (Å²) >= 11 is 0. The lowest BCUT2D eigenvalue weighted by atomic mass is 10.1. The molecular weight excluding hydrogens is 976 g/mol. The van der Waals surface area contributed by atoms with Crippen LogP contribution in [0.1, 0.15) is 278 Å². The Labute approximate surface area is 465 Å². The molecule has 0 aliphatic carbocycles. The van der Waals surface area contributed by atoms with Crippen LogP contribution in [0.5, 0.6) is 0 Å². The number of rotatable bonds is 57. The molecule has 0 heterocycles. The van der Waals surface area contributed by atoms with Crippen molar-refractivity contribution in [2.75, 3.05) is 26.4 Å². The molecule has 0 amide bonds. The molecule has 2 N–H and O–H groups in total. The van der Waals surface area contributed by atoms with Crippen LogP contribution in [-0.4, -0.2) is 66.5 Å². The molecule has 0 fully saturated rings. The summed E-state index contributed by atoms with van der Waals surface area (Å²) in [5.41, 5.74) is 0. The van der Waals surface area contributed by atoms with E-state index < -0.39 is 57.8 Å². The van der Waals surface area contributed by atoms with Gasteiger partial charge in [0.1, 0.15) is 12.7 Å². The van der Waals surface area contributed by atoms with E-state index in [0.29, 0.717) is 19.3 Å². The van der Waals surface area contributed by atoms with Gasteiger partial charge in [0.05, 0.1) is 19.8 Å². The molecule has 0 rings (SSSR count). The summed E-state index contributed by atoms with van der Waals surface area (Å²) < 4.78 is 39.6. The zero-order valence-electron chi connectivity index (χ0n) is 48.7. The van der Waals surface area contributed by atoms with E-state index >= 15 is 0 Å². The minimum atomic E-state index is -4.76. The maximum Gasteiger partial charge on any atom is 0.472 e. The van der Waals surface area contributed by atoms with Crippen LogP contribution in [0, 0.1) is 0 Å². The van der Waals surface area contributed by atoms with E-state index in [0.717, 1.165) is 135 Å². The van der Waals surface area contributed by atoms with Crippen molar-refractivity contribution in [3.8, 4) is 0 Å². The molecule has 0 spiro atoms. The second-order valence-corrected chi connectivity index (χ2v) is 22.0. The molecule has 0 aliphatic rings. The molecule has 0 aliphatic heterocycles. The van der Waals surface area contributed by atoms with E-state index in [-0.39, 0.29) is 25.9 Å². The first kappa shape index (κ1) is 72.9. The summed E-state index contributed by atoms with van der Waals surface area (Å²) in [7, 11) is -4.76. The molecule has 0 bridgehead atoms. The number of esters is 3. The SMILES string of the molecule is CCCCC/C=C\C/C=C\C/C=C\CCCCCCCCC(=O)OC(COC(=O)CCCCCCC/C=C\C/C=C\CCCCC)COP(=O)(O)OCC(CO)OC(=O)CCCCCCC/C=C\CCCCCCCC. The molecule has 3 atom stereocenters. The number of phosphoric acid groups is 1. The molecule has 0 aromatic rings. The van der Waals surface area contributed by atoms with Crippen LogP contribution in [0.2, 0.25) is 0 Å². The van der Waals surface area contributed by atoms with Crippen LogP contribution in [0.25, 0.3) is 0 Å². The number of unbranched alkanes of at least 4 members (excludes halogenated alkanes) is 28. The Bertz CT molecular complexity index is 1550. The molecule has 0 saturated heterocycles. The molecular formula is C64H113O11P. The second kappa shape index (κ2) is 58.1. The first-order chi connectivity index (χ1) is 37.2. The van der Waals surface area contributed by atoms with Gasteiger partial charge < -0.3 is 24.2 Å². The van der Waals surface area contributed by atoms with Gasteiger partial charge in [-0.2, -0.15) is 0 Å². The number of carbonyl (C=O) groups is 3. The highest BCUT2D eigenvalue weighted by Crippen LogP contribution is 2.43. The van der Waals surface area contributed by atoms with E-state index in [1.165, 1.54) is 83.5 Å². The van der Waals surface area contributed by atoms with Crippen molar-refractivity contribution in [3.05, 3.63) is 72.9 Å². The van der Waals surface area contributed by atoms with Crippen molar-refractivity contribution in [2.45, 2.75) is 290 Å². The molecule has 0 radical (unpaired) electrons. The molecule has 12 heteroatoms. The molecule has 0 aromatic carbocycles. The highest BCUT2D eigenvalue weighted by molar-refractivity contribution is 7.47. The maximum absolute atomic E-state index is 12.9.